The normalized spacial score (nSPS) is 10.2. The van der Waals surface area contributed by atoms with Gasteiger partial charge in [-0.25, -0.2) is 9.97 Å². The molecule has 3 aromatic rings. The fraction of sp³-hybridized carbons (Fsp3) is 0. The zero-order valence-electron chi connectivity index (χ0n) is 10.3. The van der Waals surface area contributed by atoms with Crippen LogP contribution < -0.4 is 5.32 Å². The van der Waals surface area contributed by atoms with Crippen LogP contribution in [0.3, 0.4) is 0 Å². The molecule has 0 bridgehead atoms. The lowest BCUT2D eigenvalue weighted by Crippen LogP contribution is -1.99. The molecule has 0 aliphatic heterocycles. The molecular weight excluding hydrogens is 272 g/mol. The van der Waals surface area contributed by atoms with Gasteiger partial charge in [-0.15, -0.1) is 0 Å². The maximum Gasteiger partial charge on any atom is 0.234 e. The van der Waals surface area contributed by atoms with Crippen molar-refractivity contribution in [2.75, 3.05) is 5.32 Å². The number of rotatable bonds is 2. The van der Waals surface area contributed by atoms with Crippen molar-refractivity contribution in [1.82, 2.24) is 9.97 Å². The standard InChI is InChI=1S/C15H9ClN4/c16-10-5-7-11(8-6-10)18-15-12-3-1-2-4-13(12)19-14(9-17)20-15/h1-8H,(H,18,19,20). The smallest absolute Gasteiger partial charge is 0.234 e. The van der Waals surface area contributed by atoms with E-state index in [0.29, 0.717) is 10.8 Å². The maximum absolute atomic E-state index is 9.00. The van der Waals surface area contributed by atoms with Gasteiger partial charge >= 0.3 is 0 Å². The van der Waals surface area contributed by atoms with Gasteiger partial charge < -0.3 is 5.32 Å². The second-order valence-electron chi connectivity index (χ2n) is 4.16. The lowest BCUT2D eigenvalue weighted by atomic mass is 10.2. The monoisotopic (exact) mass is 280 g/mol. The van der Waals surface area contributed by atoms with Crippen molar-refractivity contribution in [2.45, 2.75) is 0 Å². The number of benzene rings is 2. The minimum Gasteiger partial charge on any atom is -0.340 e. The quantitative estimate of drug-likeness (QED) is 0.773. The first-order chi connectivity index (χ1) is 9.76. The summed E-state index contributed by atoms with van der Waals surface area (Å²) in [6, 6.07) is 16.8. The van der Waals surface area contributed by atoms with Gasteiger partial charge in [0.1, 0.15) is 11.9 Å². The van der Waals surface area contributed by atoms with E-state index < -0.39 is 0 Å². The van der Waals surface area contributed by atoms with Crippen LogP contribution in [0.5, 0.6) is 0 Å². The van der Waals surface area contributed by atoms with Gasteiger partial charge in [-0.3, -0.25) is 0 Å². The number of nitrogens with zero attached hydrogens (tertiary/aromatic N) is 3. The third-order valence-corrected chi connectivity index (χ3v) is 3.06. The molecule has 0 unspecified atom stereocenters. The average Bonchev–Trinajstić information content (AvgIpc) is 2.49. The highest BCUT2D eigenvalue weighted by molar-refractivity contribution is 6.30. The van der Waals surface area contributed by atoms with Crippen molar-refractivity contribution in [3.63, 3.8) is 0 Å². The van der Waals surface area contributed by atoms with Crippen LogP contribution in [0.4, 0.5) is 11.5 Å². The summed E-state index contributed by atoms with van der Waals surface area (Å²) in [6.07, 6.45) is 0. The number of hydrogen-bond acceptors (Lipinski definition) is 4. The summed E-state index contributed by atoms with van der Waals surface area (Å²) >= 11 is 5.86. The van der Waals surface area contributed by atoms with Gasteiger partial charge in [-0.05, 0) is 36.4 Å². The van der Waals surface area contributed by atoms with E-state index in [9.17, 15) is 0 Å². The number of aromatic nitrogens is 2. The molecule has 3 rings (SSSR count). The zero-order valence-corrected chi connectivity index (χ0v) is 11.1. The van der Waals surface area contributed by atoms with E-state index in [4.69, 9.17) is 16.9 Å². The van der Waals surface area contributed by atoms with Crippen molar-refractivity contribution < 1.29 is 0 Å². The van der Waals surface area contributed by atoms with Gasteiger partial charge in [0.15, 0.2) is 0 Å². The zero-order chi connectivity index (χ0) is 13.9. The molecule has 2 aromatic carbocycles. The molecule has 0 aliphatic carbocycles. The topological polar surface area (TPSA) is 61.6 Å². The molecule has 0 saturated heterocycles. The molecule has 4 nitrogen and oxygen atoms in total. The van der Waals surface area contributed by atoms with Gasteiger partial charge in [-0.1, -0.05) is 23.7 Å². The largest absolute Gasteiger partial charge is 0.340 e. The van der Waals surface area contributed by atoms with Crippen LogP contribution >= 0.6 is 11.6 Å². The molecule has 0 aliphatic rings. The SMILES string of the molecule is N#Cc1nc(Nc2ccc(Cl)cc2)c2ccccc2n1. The molecular formula is C15H9ClN4. The van der Waals surface area contributed by atoms with Gasteiger partial charge in [-0.2, -0.15) is 5.26 Å². The molecule has 1 aromatic heterocycles. The summed E-state index contributed by atoms with van der Waals surface area (Å²) in [4.78, 5) is 8.40. The first kappa shape index (κ1) is 12.4. The number of nitrogens with one attached hydrogen (secondary N) is 1. The molecule has 96 valence electrons. The third kappa shape index (κ3) is 2.40. The highest BCUT2D eigenvalue weighted by Gasteiger charge is 2.07. The van der Waals surface area contributed by atoms with Crippen molar-refractivity contribution in [1.29, 1.82) is 5.26 Å². The van der Waals surface area contributed by atoms with Crippen LogP contribution in [0.2, 0.25) is 5.02 Å². The highest BCUT2D eigenvalue weighted by Crippen LogP contribution is 2.24. The van der Waals surface area contributed by atoms with Gasteiger partial charge in [0, 0.05) is 16.1 Å². The predicted molar refractivity (Wildman–Crippen MR) is 79.0 cm³/mol. The van der Waals surface area contributed by atoms with E-state index in [2.05, 4.69) is 15.3 Å². The van der Waals surface area contributed by atoms with Gasteiger partial charge in [0.05, 0.1) is 5.52 Å². The minimum absolute atomic E-state index is 0.139. The van der Waals surface area contributed by atoms with Crippen molar-refractivity contribution in [2.24, 2.45) is 0 Å². The lowest BCUT2D eigenvalue weighted by Gasteiger charge is -2.08. The van der Waals surface area contributed by atoms with E-state index in [1.807, 2.05) is 42.5 Å². The molecule has 5 heteroatoms. The van der Waals surface area contributed by atoms with Gasteiger partial charge in [0.2, 0.25) is 5.82 Å². The van der Waals surface area contributed by atoms with E-state index in [-0.39, 0.29) is 5.82 Å². The molecule has 0 amide bonds. The van der Waals surface area contributed by atoms with Crippen molar-refractivity contribution in [3.8, 4) is 6.07 Å². The number of nitriles is 1. The van der Waals surface area contributed by atoms with Crippen LogP contribution in [0, 0.1) is 11.3 Å². The number of hydrogen-bond donors (Lipinski definition) is 1. The molecule has 0 atom stereocenters. The van der Waals surface area contributed by atoms with Crippen molar-refractivity contribution in [3.05, 3.63) is 59.4 Å². The summed E-state index contributed by atoms with van der Waals surface area (Å²) in [7, 11) is 0. The summed E-state index contributed by atoms with van der Waals surface area (Å²) in [5, 5.41) is 13.7. The number of anilines is 2. The van der Waals surface area contributed by atoms with Crippen molar-refractivity contribution >= 4 is 34.0 Å². The maximum atomic E-state index is 9.00. The Hall–Kier alpha value is -2.64. The van der Waals surface area contributed by atoms with Crippen LogP contribution in [0.1, 0.15) is 5.82 Å². The fourth-order valence-electron chi connectivity index (χ4n) is 1.89. The molecule has 1 heterocycles. The second-order valence-corrected chi connectivity index (χ2v) is 4.59. The Morgan fingerprint density at radius 1 is 1.00 bits per heavy atom. The first-order valence-electron chi connectivity index (χ1n) is 5.96. The summed E-state index contributed by atoms with van der Waals surface area (Å²) < 4.78 is 0. The number of halogens is 1. The van der Waals surface area contributed by atoms with E-state index in [0.717, 1.165) is 16.6 Å². The first-order valence-corrected chi connectivity index (χ1v) is 6.33. The Kier molecular flexibility index (Phi) is 3.20. The lowest BCUT2D eigenvalue weighted by molar-refractivity contribution is 1.16. The molecule has 0 spiro atoms. The summed E-state index contributed by atoms with van der Waals surface area (Å²) in [5.74, 6) is 0.745. The summed E-state index contributed by atoms with van der Waals surface area (Å²) in [6.45, 7) is 0. The number of para-hydroxylation sites is 1. The van der Waals surface area contributed by atoms with Crippen LogP contribution in [0.15, 0.2) is 48.5 Å². The minimum atomic E-state index is 0.139. The van der Waals surface area contributed by atoms with Crippen LogP contribution in [-0.4, -0.2) is 9.97 Å². The third-order valence-electron chi connectivity index (χ3n) is 2.81. The van der Waals surface area contributed by atoms with Crippen LogP contribution in [0.25, 0.3) is 10.9 Å². The summed E-state index contributed by atoms with van der Waals surface area (Å²) in [5.41, 5.74) is 1.58. The van der Waals surface area contributed by atoms with E-state index >= 15 is 0 Å². The molecule has 1 N–H and O–H groups in total. The molecule has 0 fully saturated rings. The Labute approximate surface area is 120 Å². The van der Waals surface area contributed by atoms with Gasteiger partial charge in [0.25, 0.3) is 0 Å². The predicted octanol–water partition coefficient (Wildman–Crippen LogP) is 3.90. The fourth-order valence-corrected chi connectivity index (χ4v) is 2.02. The Bertz CT molecular complexity index is 806. The van der Waals surface area contributed by atoms with E-state index in [1.54, 1.807) is 12.1 Å². The second kappa shape index (κ2) is 5.16. The Balaban J connectivity index is 2.10. The molecule has 0 saturated carbocycles. The van der Waals surface area contributed by atoms with E-state index in [1.165, 1.54) is 0 Å². The Morgan fingerprint density at radius 3 is 2.50 bits per heavy atom. The Morgan fingerprint density at radius 2 is 1.75 bits per heavy atom. The number of fused-ring (bicyclic) bond motifs is 1. The molecule has 0 radical (unpaired) electrons. The average molecular weight is 281 g/mol. The highest BCUT2D eigenvalue weighted by atomic mass is 35.5. The molecule has 20 heavy (non-hydrogen) atoms. The van der Waals surface area contributed by atoms with Crippen LogP contribution in [-0.2, 0) is 0 Å².